The summed E-state index contributed by atoms with van der Waals surface area (Å²) >= 11 is 11.7. The summed E-state index contributed by atoms with van der Waals surface area (Å²) in [6.07, 6.45) is 1.85. The molecule has 0 bridgehead atoms. The lowest BCUT2D eigenvalue weighted by Gasteiger charge is -1.91. The van der Waals surface area contributed by atoms with Crippen LogP contribution < -0.4 is 0 Å². The van der Waals surface area contributed by atoms with E-state index in [2.05, 4.69) is 11.9 Å². The zero-order valence-electron chi connectivity index (χ0n) is 7.68. The van der Waals surface area contributed by atoms with Crippen molar-refractivity contribution in [2.24, 2.45) is 0 Å². The van der Waals surface area contributed by atoms with Gasteiger partial charge in [0.15, 0.2) is 11.5 Å². The van der Waals surface area contributed by atoms with Crippen molar-refractivity contribution in [2.45, 2.75) is 19.8 Å². The summed E-state index contributed by atoms with van der Waals surface area (Å²) in [5.41, 5.74) is 1.46. The van der Waals surface area contributed by atoms with Gasteiger partial charge in [-0.05, 0) is 12.5 Å². The topological polar surface area (TPSA) is 26.0 Å². The Morgan fingerprint density at radius 3 is 2.71 bits per heavy atom. The Balaban J connectivity index is 2.54. The van der Waals surface area contributed by atoms with Crippen molar-refractivity contribution in [3.05, 3.63) is 28.1 Å². The van der Waals surface area contributed by atoms with Gasteiger partial charge >= 0.3 is 0 Å². The summed E-state index contributed by atoms with van der Waals surface area (Å²) in [6, 6.07) is 3.42. The van der Waals surface area contributed by atoms with Crippen LogP contribution in [-0.2, 0) is 6.42 Å². The standard InChI is InChI=1S/C10H9Cl2NO/c1-2-3-10-13-8-4-6(11)7(12)5-9(8)14-10/h4-5H,2-3H2,1H3. The third kappa shape index (κ3) is 1.72. The molecule has 0 aliphatic carbocycles. The number of hydrogen-bond acceptors (Lipinski definition) is 2. The summed E-state index contributed by atoms with van der Waals surface area (Å²) in [5, 5.41) is 1.01. The van der Waals surface area contributed by atoms with Crippen molar-refractivity contribution in [1.29, 1.82) is 0 Å². The molecule has 74 valence electrons. The molecular weight excluding hydrogens is 221 g/mol. The number of nitrogens with zero attached hydrogens (tertiary/aromatic N) is 1. The van der Waals surface area contributed by atoms with Gasteiger partial charge in [-0.3, -0.25) is 0 Å². The van der Waals surface area contributed by atoms with E-state index in [0.29, 0.717) is 15.6 Å². The predicted molar refractivity (Wildman–Crippen MR) is 58.0 cm³/mol. The first kappa shape index (κ1) is 9.81. The van der Waals surface area contributed by atoms with Crippen molar-refractivity contribution in [2.75, 3.05) is 0 Å². The maximum Gasteiger partial charge on any atom is 0.195 e. The SMILES string of the molecule is CCCc1nc2cc(Cl)c(Cl)cc2o1. The molecular formula is C10H9Cl2NO. The van der Waals surface area contributed by atoms with Gasteiger partial charge in [0, 0.05) is 12.5 Å². The molecule has 2 rings (SSSR count). The first-order valence-corrected chi connectivity index (χ1v) is 5.20. The van der Waals surface area contributed by atoms with Crippen LogP contribution in [0.15, 0.2) is 16.5 Å². The summed E-state index contributed by atoms with van der Waals surface area (Å²) in [6.45, 7) is 2.08. The van der Waals surface area contributed by atoms with E-state index < -0.39 is 0 Å². The third-order valence-corrected chi connectivity index (χ3v) is 2.66. The molecule has 0 N–H and O–H groups in total. The highest BCUT2D eigenvalue weighted by Crippen LogP contribution is 2.28. The molecule has 0 unspecified atom stereocenters. The Morgan fingerprint density at radius 1 is 1.29 bits per heavy atom. The first-order valence-electron chi connectivity index (χ1n) is 4.45. The molecule has 0 atom stereocenters. The number of oxazole rings is 1. The Bertz CT molecular complexity index is 425. The van der Waals surface area contributed by atoms with Gasteiger partial charge in [-0.2, -0.15) is 0 Å². The number of halogens is 2. The Hall–Kier alpha value is -0.730. The van der Waals surface area contributed by atoms with Gasteiger partial charge in [-0.1, -0.05) is 30.1 Å². The maximum absolute atomic E-state index is 5.86. The fourth-order valence-electron chi connectivity index (χ4n) is 1.29. The minimum absolute atomic E-state index is 0.498. The molecule has 14 heavy (non-hydrogen) atoms. The normalized spacial score (nSPS) is 11.1. The average molecular weight is 230 g/mol. The van der Waals surface area contributed by atoms with Gasteiger partial charge in [-0.15, -0.1) is 0 Å². The summed E-state index contributed by atoms with van der Waals surface area (Å²) in [7, 11) is 0. The molecule has 2 nitrogen and oxygen atoms in total. The van der Waals surface area contributed by atoms with Crippen molar-refractivity contribution in [1.82, 2.24) is 4.98 Å². The van der Waals surface area contributed by atoms with E-state index in [1.54, 1.807) is 12.1 Å². The molecule has 0 saturated carbocycles. The van der Waals surface area contributed by atoms with Crippen molar-refractivity contribution < 1.29 is 4.42 Å². The molecule has 0 saturated heterocycles. The highest BCUT2D eigenvalue weighted by atomic mass is 35.5. The molecule has 0 spiro atoms. The van der Waals surface area contributed by atoms with Crippen LogP contribution in [0.25, 0.3) is 11.1 Å². The number of aryl methyl sites for hydroxylation is 1. The molecule has 0 radical (unpaired) electrons. The van der Waals surface area contributed by atoms with E-state index in [0.717, 1.165) is 24.2 Å². The van der Waals surface area contributed by atoms with E-state index in [1.165, 1.54) is 0 Å². The molecule has 4 heteroatoms. The quantitative estimate of drug-likeness (QED) is 0.776. The van der Waals surface area contributed by atoms with Crippen molar-refractivity contribution >= 4 is 34.3 Å². The number of benzene rings is 1. The molecule has 1 aromatic heterocycles. The lowest BCUT2D eigenvalue weighted by molar-refractivity contribution is 0.525. The minimum Gasteiger partial charge on any atom is -0.441 e. The number of hydrogen-bond donors (Lipinski definition) is 0. The molecule has 1 heterocycles. The predicted octanol–water partition coefficient (Wildman–Crippen LogP) is 4.09. The van der Waals surface area contributed by atoms with Crippen LogP contribution in [0.5, 0.6) is 0 Å². The number of aromatic nitrogens is 1. The number of rotatable bonds is 2. The Morgan fingerprint density at radius 2 is 2.00 bits per heavy atom. The van der Waals surface area contributed by atoms with E-state index in [9.17, 15) is 0 Å². The van der Waals surface area contributed by atoms with Gasteiger partial charge in [0.2, 0.25) is 0 Å². The fourth-order valence-corrected chi connectivity index (χ4v) is 1.60. The molecule has 0 aliphatic rings. The van der Waals surface area contributed by atoms with Crippen LogP contribution in [0, 0.1) is 0 Å². The van der Waals surface area contributed by atoms with Crippen LogP contribution in [0.3, 0.4) is 0 Å². The first-order chi connectivity index (χ1) is 6.70. The monoisotopic (exact) mass is 229 g/mol. The van der Waals surface area contributed by atoms with Crippen LogP contribution in [0.2, 0.25) is 10.0 Å². The van der Waals surface area contributed by atoms with E-state index in [1.807, 2.05) is 0 Å². The van der Waals surface area contributed by atoms with E-state index >= 15 is 0 Å². The highest BCUT2D eigenvalue weighted by Gasteiger charge is 2.07. The molecule has 0 fully saturated rings. The average Bonchev–Trinajstić information content (AvgIpc) is 2.48. The lowest BCUT2D eigenvalue weighted by atomic mass is 10.3. The van der Waals surface area contributed by atoms with Crippen LogP contribution in [0.4, 0.5) is 0 Å². The molecule has 0 amide bonds. The smallest absolute Gasteiger partial charge is 0.195 e. The van der Waals surface area contributed by atoms with Gasteiger partial charge < -0.3 is 4.42 Å². The van der Waals surface area contributed by atoms with Crippen LogP contribution in [0.1, 0.15) is 19.2 Å². The van der Waals surface area contributed by atoms with Gasteiger partial charge in [0.1, 0.15) is 5.52 Å². The zero-order valence-corrected chi connectivity index (χ0v) is 9.19. The van der Waals surface area contributed by atoms with Crippen LogP contribution in [-0.4, -0.2) is 4.98 Å². The molecule has 0 aliphatic heterocycles. The fraction of sp³-hybridized carbons (Fsp3) is 0.300. The van der Waals surface area contributed by atoms with Gasteiger partial charge in [0.05, 0.1) is 10.0 Å². The highest BCUT2D eigenvalue weighted by molar-refractivity contribution is 6.42. The van der Waals surface area contributed by atoms with Gasteiger partial charge in [-0.25, -0.2) is 4.98 Å². The molecule has 2 aromatic rings. The van der Waals surface area contributed by atoms with E-state index in [-0.39, 0.29) is 0 Å². The van der Waals surface area contributed by atoms with Crippen LogP contribution >= 0.6 is 23.2 Å². The van der Waals surface area contributed by atoms with Crippen molar-refractivity contribution in [3.8, 4) is 0 Å². The molecule has 1 aromatic carbocycles. The Labute approximate surface area is 91.8 Å². The minimum atomic E-state index is 0.498. The summed E-state index contributed by atoms with van der Waals surface area (Å²) < 4.78 is 5.49. The third-order valence-electron chi connectivity index (χ3n) is 1.94. The zero-order chi connectivity index (χ0) is 10.1. The summed E-state index contributed by atoms with van der Waals surface area (Å²) in [5.74, 6) is 0.737. The Kier molecular flexibility index (Phi) is 2.66. The van der Waals surface area contributed by atoms with E-state index in [4.69, 9.17) is 27.6 Å². The van der Waals surface area contributed by atoms with Crippen molar-refractivity contribution in [3.63, 3.8) is 0 Å². The lowest BCUT2D eigenvalue weighted by Crippen LogP contribution is -1.80. The second-order valence-corrected chi connectivity index (χ2v) is 3.91. The largest absolute Gasteiger partial charge is 0.441 e. The maximum atomic E-state index is 5.86. The number of fused-ring (bicyclic) bond motifs is 1. The second-order valence-electron chi connectivity index (χ2n) is 3.09. The van der Waals surface area contributed by atoms with Gasteiger partial charge in [0.25, 0.3) is 0 Å². The summed E-state index contributed by atoms with van der Waals surface area (Å²) in [4.78, 5) is 4.29. The second kappa shape index (κ2) is 3.79.